The molecule has 0 aromatic heterocycles. The van der Waals surface area contributed by atoms with E-state index in [1.807, 2.05) is 24.3 Å². The number of hydrogen-bond donors (Lipinski definition) is 1. The molecule has 6 nitrogen and oxygen atoms in total. The van der Waals surface area contributed by atoms with Gasteiger partial charge in [0, 0.05) is 13.0 Å². The summed E-state index contributed by atoms with van der Waals surface area (Å²) in [6.45, 7) is 2.43. The van der Waals surface area contributed by atoms with Gasteiger partial charge >= 0.3 is 0 Å². The molecular formula is C18H26N2O4. The van der Waals surface area contributed by atoms with Crippen molar-refractivity contribution in [3.05, 3.63) is 24.3 Å². The molecule has 1 fully saturated rings. The van der Waals surface area contributed by atoms with Crippen LogP contribution < -0.4 is 14.8 Å². The average Bonchev–Trinajstić information content (AvgIpc) is 3.11. The predicted molar refractivity (Wildman–Crippen MR) is 91.1 cm³/mol. The Hall–Kier alpha value is -2.24. The highest BCUT2D eigenvalue weighted by Gasteiger charge is 2.26. The van der Waals surface area contributed by atoms with Crippen LogP contribution in [0.2, 0.25) is 0 Å². The number of nitrogens with zero attached hydrogens (tertiary/aromatic N) is 1. The van der Waals surface area contributed by atoms with Crippen molar-refractivity contribution < 1.29 is 19.1 Å². The molecule has 0 heterocycles. The summed E-state index contributed by atoms with van der Waals surface area (Å²) < 4.78 is 10.6. The minimum atomic E-state index is -0.143. The summed E-state index contributed by atoms with van der Waals surface area (Å²) in [4.78, 5) is 25.5. The van der Waals surface area contributed by atoms with E-state index in [0.29, 0.717) is 13.2 Å². The van der Waals surface area contributed by atoms with Crippen molar-refractivity contribution in [1.29, 1.82) is 0 Å². The van der Waals surface area contributed by atoms with Gasteiger partial charge in [-0.2, -0.15) is 0 Å². The number of amides is 2. The zero-order chi connectivity index (χ0) is 17.4. The molecule has 0 atom stereocenters. The van der Waals surface area contributed by atoms with Crippen LogP contribution in [0.4, 0.5) is 0 Å². The van der Waals surface area contributed by atoms with Gasteiger partial charge in [0.25, 0.3) is 0 Å². The second-order valence-corrected chi connectivity index (χ2v) is 5.96. The molecule has 0 radical (unpaired) electrons. The molecule has 1 aromatic rings. The molecule has 1 aliphatic carbocycles. The Kier molecular flexibility index (Phi) is 6.90. The molecule has 0 unspecified atom stereocenters. The smallest absolute Gasteiger partial charge is 0.239 e. The van der Waals surface area contributed by atoms with Gasteiger partial charge in [0.05, 0.1) is 20.2 Å². The van der Waals surface area contributed by atoms with Crippen molar-refractivity contribution in [3.8, 4) is 11.5 Å². The summed E-state index contributed by atoms with van der Waals surface area (Å²) in [5, 5.41) is 2.80. The first-order valence-electron chi connectivity index (χ1n) is 8.41. The second kappa shape index (κ2) is 9.15. The van der Waals surface area contributed by atoms with Gasteiger partial charge in [0.15, 0.2) is 0 Å². The number of carbonyl (C=O) groups excluding carboxylic acids is 2. The highest BCUT2D eigenvalue weighted by atomic mass is 16.5. The van der Waals surface area contributed by atoms with Crippen molar-refractivity contribution in [2.45, 2.75) is 38.6 Å². The Morgan fingerprint density at radius 3 is 2.38 bits per heavy atom. The molecule has 1 aromatic carbocycles. The summed E-state index contributed by atoms with van der Waals surface area (Å²) in [5.74, 6) is 1.32. The predicted octanol–water partition coefficient (Wildman–Crippen LogP) is 1.98. The lowest BCUT2D eigenvalue weighted by atomic mass is 10.2. The highest BCUT2D eigenvalue weighted by molar-refractivity contribution is 5.84. The molecule has 0 saturated heterocycles. The van der Waals surface area contributed by atoms with E-state index in [9.17, 15) is 9.59 Å². The molecule has 1 saturated carbocycles. The van der Waals surface area contributed by atoms with Crippen molar-refractivity contribution in [2.75, 3.05) is 26.8 Å². The van der Waals surface area contributed by atoms with Gasteiger partial charge in [0.1, 0.15) is 18.1 Å². The number of hydrogen-bond acceptors (Lipinski definition) is 4. The molecule has 24 heavy (non-hydrogen) atoms. The summed E-state index contributed by atoms with van der Waals surface area (Å²) in [6, 6.07) is 7.49. The van der Waals surface area contributed by atoms with Gasteiger partial charge in [-0.05, 0) is 37.1 Å². The van der Waals surface area contributed by atoms with E-state index in [1.54, 1.807) is 12.0 Å². The Labute approximate surface area is 143 Å². The minimum Gasteiger partial charge on any atom is -0.497 e. The maximum Gasteiger partial charge on any atom is 0.239 e. The standard InChI is InChI=1S/C18H26N2O4/c1-14(21)20(15-5-3-4-6-15)13-18(22)19-11-12-24-17-9-7-16(23-2)8-10-17/h7-10,15H,3-6,11-13H2,1-2H3,(H,19,22). The average molecular weight is 334 g/mol. The molecule has 0 spiro atoms. The van der Waals surface area contributed by atoms with E-state index in [2.05, 4.69) is 5.32 Å². The lowest BCUT2D eigenvalue weighted by Crippen LogP contribution is -2.45. The molecule has 2 amide bonds. The van der Waals surface area contributed by atoms with Crippen LogP contribution >= 0.6 is 0 Å². The number of benzene rings is 1. The Bertz CT molecular complexity index is 538. The van der Waals surface area contributed by atoms with Crippen LogP contribution in [0.25, 0.3) is 0 Å². The minimum absolute atomic E-state index is 0.0356. The fourth-order valence-electron chi connectivity index (χ4n) is 2.96. The number of methoxy groups -OCH3 is 1. The molecule has 1 N–H and O–H groups in total. The Morgan fingerprint density at radius 2 is 1.79 bits per heavy atom. The molecule has 132 valence electrons. The third kappa shape index (κ3) is 5.44. The molecule has 1 aliphatic rings. The molecule has 2 rings (SSSR count). The van der Waals surface area contributed by atoms with Crippen molar-refractivity contribution in [1.82, 2.24) is 10.2 Å². The number of rotatable bonds is 8. The zero-order valence-electron chi connectivity index (χ0n) is 14.4. The Morgan fingerprint density at radius 1 is 1.17 bits per heavy atom. The first kappa shape index (κ1) is 18.1. The van der Waals surface area contributed by atoms with Crippen LogP contribution in [0, 0.1) is 0 Å². The van der Waals surface area contributed by atoms with Crippen molar-refractivity contribution >= 4 is 11.8 Å². The third-order valence-electron chi connectivity index (χ3n) is 4.24. The summed E-state index contributed by atoms with van der Waals surface area (Å²) in [7, 11) is 1.61. The first-order chi connectivity index (χ1) is 11.6. The number of carbonyl (C=O) groups is 2. The molecule has 6 heteroatoms. The summed E-state index contributed by atoms with van der Waals surface area (Å²) >= 11 is 0. The van der Waals surface area contributed by atoms with E-state index < -0.39 is 0 Å². The van der Waals surface area contributed by atoms with E-state index in [1.165, 1.54) is 6.92 Å². The van der Waals surface area contributed by atoms with E-state index in [0.717, 1.165) is 37.2 Å². The summed E-state index contributed by atoms with van der Waals surface area (Å²) in [6.07, 6.45) is 4.25. The normalized spacial score (nSPS) is 14.2. The maximum atomic E-state index is 12.0. The van der Waals surface area contributed by atoms with Crippen LogP contribution in [0.5, 0.6) is 11.5 Å². The van der Waals surface area contributed by atoms with Crippen LogP contribution in [0.15, 0.2) is 24.3 Å². The third-order valence-corrected chi connectivity index (χ3v) is 4.24. The van der Waals surface area contributed by atoms with Gasteiger partial charge in [-0.1, -0.05) is 12.8 Å². The second-order valence-electron chi connectivity index (χ2n) is 5.96. The van der Waals surface area contributed by atoms with E-state index >= 15 is 0 Å². The highest BCUT2D eigenvalue weighted by Crippen LogP contribution is 2.23. The van der Waals surface area contributed by atoms with Crippen molar-refractivity contribution in [3.63, 3.8) is 0 Å². The summed E-state index contributed by atoms with van der Waals surface area (Å²) in [5.41, 5.74) is 0. The van der Waals surface area contributed by atoms with E-state index in [4.69, 9.17) is 9.47 Å². The quantitative estimate of drug-likeness (QED) is 0.738. The van der Waals surface area contributed by atoms with Crippen LogP contribution in [-0.4, -0.2) is 49.6 Å². The van der Waals surface area contributed by atoms with Gasteiger partial charge in [-0.25, -0.2) is 0 Å². The van der Waals surface area contributed by atoms with Crippen LogP contribution in [0.3, 0.4) is 0 Å². The van der Waals surface area contributed by atoms with Crippen LogP contribution in [0.1, 0.15) is 32.6 Å². The topological polar surface area (TPSA) is 67.9 Å². The Balaban J connectivity index is 1.68. The first-order valence-corrected chi connectivity index (χ1v) is 8.41. The fraction of sp³-hybridized carbons (Fsp3) is 0.556. The van der Waals surface area contributed by atoms with Gasteiger partial charge in [-0.15, -0.1) is 0 Å². The van der Waals surface area contributed by atoms with Gasteiger partial charge < -0.3 is 19.7 Å². The molecule has 0 bridgehead atoms. The van der Waals surface area contributed by atoms with Crippen molar-refractivity contribution in [2.24, 2.45) is 0 Å². The largest absolute Gasteiger partial charge is 0.497 e. The van der Waals surface area contributed by atoms with Crippen LogP contribution in [-0.2, 0) is 9.59 Å². The number of ether oxygens (including phenoxy) is 2. The lowest BCUT2D eigenvalue weighted by molar-refractivity contribution is -0.136. The van der Waals surface area contributed by atoms with Gasteiger partial charge in [0.2, 0.25) is 11.8 Å². The zero-order valence-corrected chi connectivity index (χ0v) is 14.4. The molecule has 0 aliphatic heterocycles. The molecular weight excluding hydrogens is 308 g/mol. The fourth-order valence-corrected chi connectivity index (χ4v) is 2.96. The SMILES string of the molecule is COc1ccc(OCCNC(=O)CN(C(C)=O)C2CCCC2)cc1. The van der Waals surface area contributed by atoms with E-state index in [-0.39, 0.29) is 24.4 Å². The monoisotopic (exact) mass is 334 g/mol. The van der Waals surface area contributed by atoms with Gasteiger partial charge in [-0.3, -0.25) is 9.59 Å². The lowest BCUT2D eigenvalue weighted by Gasteiger charge is -2.27. The maximum absolute atomic E-state index is 12.0. The number of nitrogens with one attached hydrogen (secondary N) is 1.